The summed E-state index contributed by atoms with van der Waals surface area (Å²) in [7, 11) is 3.92. The molecule has 108 valence electrons. The molecule has 6 heteroatoms. The molecule has 0 saturated carbocycles. The van der Waals surface area contributed by atoms with E-state index in [1.165, 1.54) is 18.3 Å². The molecule has 2 rings (SSSR count). The van der Waals surface area contributed by atoms with Gasteiger partial charge in [-0.05, 0) is 31.8 Å². The first-order valence-electron chi connectivity index (χ1n) is 6.28. The smallest absolute Gasteiger partial charge is 0.123 e. The predicted molar refractivity (Wildman–Crippen MR) is 76.3 cm³/mol. The fourth-order valence-corrected chi connectivity index (χ4v) is 2.16. The summed E-state index contributed by atoms with van der Waals surface area (Å²) in [6, 6.07) is 5.71. The lowest BCUT2D eigenvalue weighted by molar-refractivity contribution is 0.205. The summed E-state index contributed by atoms with van der Waals surface area (Å²) in [6.07, 6.45) is 0.590. The van der Waals surface area contributed by atoms with Gasteiger partial charge >= 0.3 is 0 Å². The van der Waals surface area contributed by atoms with E-state index in [0.717, 1.165) is 6.54 Å². The number of rotatable bonds is 5. The SMILES string of the molecule is CN(C)CCn1ncc(Cl)c1C(O)c1ccc(F)cc1. The van der Waals surface area contributed by atoms with Gasteiger partial charge in [-0.1, -0.05) is 23.7 Å². The van der Waals surface area contributed by atoms with Crippen LogP contribution in [0, 0.1) is 5.82 Å². The minimum Gasteiger partial charge on any atom is -0.382 e. The lowest BCUT2D eigenvalue weighted by Crippen LogP contribution is -2.21. The van der Waals surface area contributed by atoms with E-state index < -0.39 is 6.10 Å². The summed E-state index contributed by atoms with van der Waals surface area (Å²) >= 11 is 6.11. The monoisotopic (exact) mass is 297 g/mol. The van der Waals surface area contributed by atoms with Crippen LogP contribution in [0.4, 0.5) is 4.39 Å². The molecule has 0 aliphatic rings. The van der Waals surface area contributed by atoms with Crippen LogP contribution in [0.15, 0.2) is 30.5 Å². The van der Waals surface area contributed by atoms with E-state index in [0.29, 0.717) is 22.8 Å². The highest BCUT2D eigenvalue weighted by molar-refractivity contribution is 6.31. The van der Waals surface area contributed by atoms with Crippen LogP contribution in [0.3, 0.4) is 0 Å². The average molecular weight is 298 g/mol. The molecule has 0 aliphatic heterocycles. The Balaban J connectivity index is 2.26. The van der Waals surface area contributed by atoms with E-state index >= 15 is 0 Å². The molecular formula is C14H17ClFN3O. The standard InChI is InChI=1S/C14H17ClFN3O/c1-18(2)7-8-19-13(12(15)9-17-19)14(20)10-3-5-11(16)6-4-10/h3-6,9,14,20H,7-8H2,1-2H3. The molecule has 1 aromatic carbocycles. The minimum atomic E-state index is -0.923. The Kier molecular flexibility index (Phi) is 4.75. The van der Waals surface area contributed by atoms with Crippen LogP contribution >= 0.6 is 11.6 Å². The van der Waals surface area contributed by atoms with E-state index in [1.54, 1.807) is 16.8 Å². The predicted octanol–water partition coefficient (Wildman–Crippen LogP) is 2.32. The number of hydrogen-bond donors (Lipinski definition) is 1. The lowest BCUT2D eigenvalue weighted by Gasteiger charge is -2.16. The van der Waals surface area contributed by atoms with E-state index in [2.05, 4.69) is 5.10 Å². The van der Waals surface area contributed by atoms with Crippen LogP contribution in [0.2, 0.25) is 5.02 Å². The van der Waals surface area contributed by atoms with Gasteiger partial charge in [0, 0.05) is 6.54 Å². The van der Waals surface area contributed by atoms with Crippen molar-refractivity contribution in [3.63, 3.8) is 0 Å². The summed E-state index contributed by atoms with van der Waals surface area (Å²) in [6.45, 7) is 1.40. The third-order valence-electron chi connectivity index (χ3n) is 3.04. The number of halogens is 2. The molecule has 1 heterocycles. The molecule has 0 spiro atoms. The Morgan fingerprint density at radius 1 is 1.35 bits per heavy atom. The van der Waals surface area contributed by atoms with E-state index in [1.807, 2.05) is 19.0 Å². The van der Waals surface area contributed by atoms with Crippen LogP contribution in [-0.4, -0.2) is 40.4 Å². The second-order valence-corrected chi connectivity index (χ2v) is 5.27. The van der Waals surface area contributed by atoms with Crippen LogP contribution in [0.1, 0.15) is 17.4 Å². The zero-order chi connectivity index (χ0) is 14.7. The Hall–Kier alpha value is -1.43. The van der Waals surface area contributed by atoms with E-state index in [-0.39, 0.29) is 5.82 Å². The normalized spacial score (nSPS) is 12.9. The summed E-state index contributed by atoms with van der Waals surface area (Å²) in [5, 5.41) is 15.0. The van der Waals surface area contributed by atoms with Crippen molar-refractivity contribution in [3.05, 3.63) is 52.6 Å². The van der Waals surface area contributed by atoms with Gasteiger partial charge in [0.25, 0.3) is 0 Å². The van der Waals surface area contributed by atoms with Gasteiger partial charge in [-0.2, -0.15) is 5.10 Å². The van der Waals surface area contributed by atoms with Crippen molar-refractivity contribution in [2.45, 2.75) is 12.6 Å². The topological polar surface area (TPSA) is 41.3 Å². The largest absolute Gasteiger partial charge is 0.382 e. The zero-order valence-corrected chi connectivity index (χ0v) is 12.2. The molecular weight excluding hydrogens is 281 g/mol. The van der Waals surface area contributed by atoms with Gasteiger partial charge in [0.15, 0.2) is 0 Å². The van der Waals surface area contributed by atoms with Gasteiger partial charge in [-0.15, -0.1) is 0 Å². The van der Waals surface area contributed by atoms with Crippen molar-refractivity contribution in [2.24, 2.45) is 0 Å². The minimum absolute atomic E-state index is 0.340. The van der Waals surface area contributed by atoms with Crippen molar-refractivity contribution in [1.29, 1.82) is 0 Å². The first kappa shape index (κ1) is 15.0. The highest BCUT2D eigenvalue weighted by atomic mass is 35.5. The molecule has 0 fully saturated rings. The summed E-state index contributed by atoms with van der Waals surface area (Å²) in [5.74, 6) is -0.340. The molecule has 0 saturated heterocycles. The Morgan fingerprint density at radius 3 is 2.60 bits per heavy atom. The number of benzene rings is 1. The second kappa shape index (κ2) is 6.35. The van der Waals surface area contributed by atoms with Gasteiger partial charge in [-0.25, -0.2) is 4.39 Å². The maximum Gasteiger partial charge on any atom is 0.123 e. The molecule has 0 amide bonds. The van der Waals surface area contributed by atoms with Crippen LogP contribution in [0.5, 0.6) is 0 Å². The summed E-state index contributed by atoms with van der Waals surface area (Å²) in [5.41, 5.74) is 1.11. The van der Waals surface area contributed by atoms with Crippen LogP contribution in [-0.2, 0) is 6.54 Å². The van der Waals surface area contributed by atoms with E-state index in [4.69, 9.17) is 11.6 Å². The molecule has 1 atom stereocenters. The van der Waals surface area contributed by atoms with Gasteiger partial charge in [0.2, 0.25) is 0 Å². The molecule has 0 bridgehead atoms. The molecule has 1 aromatic heterocycles. The van der Waals surface area contributed by atoms with E-state index in [9.17, 15) is 9.50 Å². The summed E-state index contributed by atoms with van der Waals surface area (Å²) < 4.78 is 14.6. The Bertz CT molecular complexity index is 568. The number of aromatic nitrogens is 2. The van der Waals surface area contributed by atoms with Crippen molar-refractivity contribution >= 4 is 11.6 Å². The Morgan fingerprint density at radius 2 is 2.00 bits per heavy atom. The molecule has 20 heavy (non-hydrogen) atoms. The number of aliphatic hydroxyl groups is 1. The average Bonchev–Trinajstić information content (AvgIpc) is 2.77. The Labute approximate surface area is 122 Å². The van der Waals surface area contributed by atoms with Crippen molar-refractivity contribution in [2.75, 3.05) is 20.6 Å². The first-order chi connectivity index (χ1) is 9.49. The van der Waals surface area contributed by atoms with Crippen LogP contribution in [0.25, 0.3) is 0 Å². The molecule has 1 N–H and O–H groups in total. The summed E-state index contributed by atoms with van der Waals surface area (Å²) in [4.78, 5) is 2.02. The molecule has 1 unspecified atom stereocenters. The quantitative estimate of drug-likeness (QED) is 0.921. The van der Waals surface area contributed by atoms with Crippen molar-refractivity contribution < 1.29 is 9.50 Å². The first-order valence-corrected chi connectivity index (χ1v) is 6.66. The lowest BCUT2D eigenvalue weighted by atomic mass is 10.1. The maximum absolute atomic E-state index is 12.9. The second-order valence-electron chi connectivity index (χ2n) is 4.86. The van der Waals surface area contributed by atoms with Gasteiger partial charge in [0.05, 0.1) is 23.5 Å². The van der Waals surface area contributed by atoms with Crippen molar-refractivity contribution in [1.82, 2.24) is 14.7 Å². The molecule has 0 radical (unpaired) electrons. The third-order valence-corrected chi connectivity index (χ3v) is 3.33. The van der Waals surface area contributed by atoms with Crippen LogP contribution < -0.4 is 0 Å². The fraction of sp³-hybridized carbons (Fsp3) is 0.357. The zero-order valence-electron chi connectivity index (χ0n) is 11.4. The fourth-order valence-electron chi connectivity index (χ4n) is 1.92. The number of aliphatic hydroxyl groups excluding tert-OH is 1. The highest BCUT2D eigenvalue weighted by Gasteiger charge is 2.20. The third kappa shape index (κ3) is 3.36. The molecule has 4 nitrogen and oxygen atoms in total. The number of nitrogens with zero attached hydrogens (tertiary/aromatic N) is 3. The van der Waals surface area contributed by atoms with Gasteiger partial charge < -0.3 is 10.0 Å². The maximum atomic E-state index is 12.9. The van der Waals surface area contributed by atoms with Gasteiger partial charge in [-0.3, -0.25) is 4.68 Å². The number of hydrogen-bond acceptors (Lipinski definition) is 3. The van der Waals surface area contributed by atoms with Crippen molar-refractivity contribution in [3.8, 4) is 0 Å². The molecule has 0 aliphatic carbocycles. The molecule has 2 aromatic rings. The van der Waals surface area contributed by atoms with Gasteiger partial charge in [0.1, 0.15) is 11.9 Å². The highest BCUT2D eigenvalue weighted by Crippen LogP contribution is 2.28. The number of likely N-dealkylation sites (N-methyl/N-ethyl adjacent to an activating group) is 1.